The lowest BCUT2D eigenvalue weighted by Crippen LogP contribution is -2.37. The molecule has 1 aliphatic heterocycles. The molecule has 0 aliphatic carbocycles. The largest absolute Gasteiger partial charge is 0.378 e. The highest BCUT2D eigenvalue weighted by Gasteiger charge is 2.19. The second-order valence-electron chi connectivity index (χ2n) is 5.33. The number of fused-ring (bicyclic) bond motifs is 1. The minimum absolute atomic E-state index is 0.559. The van der Waals surface area contributed by atoms with Gasteiger partial charge in [0, 0.05) is 24.9 Å². The average molecular weight is 343 g/mol. The van der Waals surface area contributed by atoms with Gasteiger partial charge >= 0.3 is 0 Å². The minimum Gasteiger partial charge on any atom is -0.378 e. The fraction of sp³-hybridized carbons (Fsp3) is 0.278. The van der Waals surface area contributed by atoms with Crippen LogP contribution in [0, 0.1) is 0 Å². The number of halogens is 1. The number of pyridine rings is 1. The number of allylic oxidation sites excluding steroid dienone is 5. The van der Waals surface area contributed by atoms with Crippen LogP contribution in [0.1, 0.15) is 12.7 Å². The van der Waals surface area contributed by atoms with Gasteiger partial charge in [-0.2, -0.15) is 0 Å². The Hall–Kier alpha value is -2.24. The summed E-state index contributed by atoms with van der Waals surface area (Å²) >= 11 is 6.11. The normalized spacial score (nSPS) is 16.1. The zero-order valence-electron chi connectivity index (χ0n) is 13.6. The Kier molecular flexibility index (Phi) is 5.23. The van der Waals surface area contributed by atoms with Crippen LogP contribution in [0.3, 0.4) is 0 Å². The van der Waals surface area contributed by atoms with Gasteiger partial charge in [0.1, 0.15) is 5.52 Å². The molecule has 1 saturated heterocycles. The van der Waals surface area contributed by atoms with E-state index in [1.165, 1.54) is 0 Å². The highest BCUT2D eigenvalue weighted by molar-refractivity contribution is 6.31. The van der Waals surface area contributed by atoms with Gasteiger partial charge < -0.3 is 9.64 Å². The molecule has 0 radical (unpaired) electrons. The summed E-state index contributed by atoms with van der Waals surface area (Å²) in [6, 6.07) is 1.82. The van der Waals surface area contributed by atoms with Crippen molar-refractivity contribution in [2.45, 2.75) is 6.92 Å². The van der Waals surface area contributed by atoms with Crippen molar-refractivity contribution in [1.82, 2.24) is 15.0 Å². The van der Waals surface area contributed by atoms with E-state index in [1.807, 2.05) is 31.2 Å². The molecule has 2 aromatic rings. The molecule has 0 amide bonds. The second kappa shape index (κ2) is 7.55. The van der Waals surface area contributed by atoms with E-state index < -0.39 is 0 Å². The van der Waals surface area contributed by atoms with E-state index in [2.05, 4.69) is 21.4 Å². The monoisotopic (exact) mass is 342 g/mol. The summed E-state index contributed by atoms with van der Waals surface area (Å²) in [6.07, 6.45) is 9.14. The van der Waals surface area contributed by atoms with Crippen LogP contribution >= 0.6 is 11.6 Å². The number of anilines is 1. The number of morpholine rings is 1. The van der Waals surface area contributed by atoms with Gasteiger partial charge in [-0.05, 0) is 13.0 Å². The molecule has 1 fully saturated rings. The van der Waals surface area contributed by atoms with E-state index in [0.717, 1.165) is 35.5 Å². The van der Waals surface area contributed by atoms with Crippen molar-refractivity contribution in [2.24, 2.45) is 0 Å². The predicted molar refractivity (Wildman–Crippen MR) is 98.4 cm³/mol. The Morgan fingerprint density at radius 1 is 1.33 bits per heavy atom. The van der Waals surface area contributed by atoms with Gasteiger partial charge in [-0.25, -0.2) is 15.0 Å². The highest BCUT2D eigenvalue weighted by atomic mass is 35.5. The Morgan fingerprint density at radius 2 is 2.12 bits per heavy atom. The summed E-state index contributed by atoms with van der Waals surface area (Å²) in [5.41, 5.74) is 2.42. The molecular formula is C18H19ClN4O. The summed E-state index contributed by atoms with van der Waals surface area (Å²) < 4.78 is 5.44. The number of aromatic nitrogens is 3. The number of ether oxygens (including phenoxy) is 1. The van der Waals surface area contributed by atoms with Gasteiger partial charge in [-0.15, -0.1) is 0 Å². The molecule has 0 atom stereocenters. The molecular weight excluding hydrogens is 324 g/mol. The first-order valence-electron chi connectivity index (χ1n) is 7.84. The zero-order valence-corrected chi connectivity index (χ0v) is 14.3. The van der Waals surface area contributed by atoms with Crippen molar-refractivity contribution >= 4 is 34.0 Å². The van der Waals surface area contributed by atoms with Crippen LogP contribution in [-0.2, 0) is 4.74 Å². The van der Waals surface area contributed by atoms with Crippen LogP contribution in [0.5, 0.6) is 0 Å². The zero-order chi connectivity index (χ0) is 16.9. The summed E-state index contributed by atoms with van der Waals surface area (Å²) in [5.74, 6) is 1.47. The average Bonchev–Trinajstić information content (AvgIpc) is 2.62. The SMILES string of the molecule is C=C/C=C\C(=C/C)c1nc(N2CCOCC2)c2ncc(Cl)cc2n1. The number of hydrogen-bond acceptors (Lipinski definition) is 5. The van der Waals surface area contributed by atoms with E-state index in [4.69, 9.17) is 21.3 Å². The van der Waals surface area contributed by atoms with E-state index in [0.29, 0.717) is 24.1 Å². The van der Waals surface area contributed by atoms with Gasteiger partial charge in [-0.3, -0.25) is 0 Å². The minimum atomic E-state index is 0.559. The van der Waals surface area contributed by atoms with E-state index in [1.54, 1.807) is 12.3 Å². The molecule has 6 heteroatoms. The van der Waals surface area contributed by atoms with Gasteiger partial charge in [0.15, 0.2) is 11.6 Å². The summed E-state index contributed by atoms with van der Waals surface area (Å²) in [5, 5.41) is 0.559. The molecule has 24 heavy (non-hydrogen) atoms. The highest BCUT2D eigenvalue weighted by Crippen LogP contribution is 2.27. The van der Waals surface area contributed by atoms with E-state index in [-0.39, 0.29) is 0 Å². The molecule has 124 valence electrons. The summed E-state index contributed by atoms with van der Waals surface area (Å²) in [4.78, 5) is 16.1. The van der Waals surface area contributed by atoms with Crippen LogP contribution < -0.4 is 4.90 Å². The van der Waals surface area contributed by atoms with Crippen LogP contribution in [0.4, 0.5) is 5.82 Å². The Labute approximate surface area is 146 Å². The Morgan fingerprint density at radius 3 is 2.83 bits per heavy atom. The van der Waals surface area contributed by atoms with E-state index >= 15 is 0 Å². The van der Waals surface area contributed by atoms with Gasteiger partial charge in [0.25, 0.3) is 0 Å². The van der Waals surface area contributed by atoms with Crippen molar-refractivity contribution in [3.05, 3.63) is 54.0 Å². The second-order valence-corrected chi connectivity index (χ2v) is 5.77. The Balaban J connectivity index is 2.16. The van der Waals surface area contributed by atoms with Crippen LogP contribution in [-0.4, -0.2) is 41.3 Å². The van der Waals surface area contributed by atoms with Crippen molar-refractivity contribution < 1.29 is 4.74 Å². The molecule has 3 heterocycles. The molecule has 0 aromatic carbocycles. The maximum absolute atomic E-state index is 6.11. The lowest BCUT2D eigenvalue weighted by molar-refractivity contribution is 0.122. The Bertz CT molecular complexity index is 810. The van der Waals surface area contributed by atoms with Crippen molar-refractivity contribution in [3.8, 4) is 0 Å². The molecule has 2 aromatic heterocycles. The molecule has 1 aliphatic rings. The van der Waals surface area contributed by atoms with E-state index in [9.17, 15) is 0 Å². The first-order valence-corrected chi connectivity index (χ1v) is 8.22. The topological polar surface area (TPSA) is 51.1 Å². The van der Waals surface area contributed by atoms with Gasteiger partial charge in [-0.1, -0.05) is 42.5 Å². The lowest BCUT2D eigenvalue weighted by Gasteiger charge is -2.28. The number of rotatable bonds is 4. The summed E-state index contributed by atoms with van der Waals surface area (Å²) in [7, 11) is 0. The standard InChI is InChI=1S/C18H19ClN4O/c1-3-5-6-13(4-2)17-21-15-11-14(19)12-20-16(15)18(22-17)23-7-9-24-10-8-23/h3-6,11-12H,1,7-10H2,2H3/b6-5-,13-4+. The smallest absolute Gasteiger partial charge is 0.161 e. The maximum atomic E-state index is 6.11. The fourth-order valence-corrected chi connectivity index (χ4v) is 2.73. The third kappa shape index (κ3) is 3.47. The van der Waals surface area contributed by atoms with Crippen LogP contribution in [0.25, 0.3) is 16.6 Å². The third-order valence-corrected chi connectivity index (χ3v) is 3.98. The number of nitrogens with zero attached hydrogens (tertiary/aromatic N) is 4. The molecule has 0 saturated carbocycles. The molecule has 3 rings (SSSR count). The molecule has 5 nitrogen and oxygen atoms in total. The summed E-state index contributed by atoms with van der Waals surface area (Å²) in [6.45, 7) is 8.59. The predicted octanol–water partition coefficient (Wildman–Crippen LogP) is 3.66. The van der Waals surface area contributed by atoms with Crippen molar-refractivity contribution in [2.75, 3.05) is 31.2 Å². The van der Waals surface area contributed by atoms with Crippen molar-refractivity contribution in [1.29, 1.82) is 0 Å². The first-order chi connectivity index (χ1) is 11.7. The maximum Gasteiger partial charge on any atom is 0.161 e. The van der Waals surface area contributed by atoms with Gasteiger partial charge in [0.2, 0.25) is 0 Å². The first kappa shape index (κ1) is 16.6. The number of hydrogen-bond donors (Lipinski definition) is 0. The quantitative estimate of drug-likeness (QED) is 0.794. The van der Waals surface area contributed by atoms with Gasteiger partial charge in [0.05, 0.1) is 23.8 Å². The molecule has 0 N–H and O–H groups in total. The van der Waals surface area contributed by atoms with Crippen molar-refractivity contribution in [3.63, 3.8) is 0 Å². The molecule has 0 spiro atoms. The molecule has 0 bridgehead atoms. The molecule has 0 unspecified atom stereocenters. The van der Waals surface area contributed by atoms with Crippen LogP contribution in [0.15, 0.2) is 43.1 Å². The lowest BCUT2D eigenvalue weighted by atomic mass is 10.2. The fourth-order valence-electron chi connectivity index (χ4n) is 2.57. The third-order valence-electron chi connectivity index (χ3n) is 3.78. The van der Waals surface area contributed by atoms with Crippen LogP contribution in [0.2, 0.25) is 5.02 Å².